The summed E-state index contributed by atoms with van der Waals surface area (Å²) in [6, 6.07) is 4.80. The second-order valence-electron chi connectivity index (χ2n) is 7.03. The van der Waals surface area contributed by atoms with Crippen molar-refractivity contribution in [2.75, 3.05) is 13.6 Å². The maximum Gasteiger partial charge on any atom is 0.416 e. The minimum absolute atomic E-state index is 0.0700. The Morgan fingerprint density at radius 2 is 1.84 bits per heavy atom. The molecule has 1 aliphatic heterocycles. The fourth-order valence-corrected chi connectivity index (χ4v) is 3.87. The lowest BCUT2D eigenvalue weighted by atomic mass is 9.89. The maximum atomic E-state index is 12.6. The Kier molecular flexibility index (Phi) is 4.75. The first-order valence-electron chi connectivity index (χ1n) is 8.42. The van der Waals surface area contributed by atoms with Gasteiger partial charge in [0.05, 0.1) is 12.0 Å². The van der Waals surface area contributed by atoms with Gasteiger partial charge in [-0.2, -0.15) is 13.2 Å². The molecule has 2 amide bonds. The predicted octanol–water partition coefficient (Wildman–Crippen LogP) is 2.62. The molecule has 3 rings (SSSR count). The maximum absolute atomic E-state index is 12.6. The second-order valence-corrected chi connectivity index (χ2v) is 7.03. The van der Waals surface area contributed by atoms with E-state index >= 15 is 0 Å². The van der Waals surface area contributed by atoms with Crippen LogP contribution in [-0.2, 0) is 22.2 Å². The van der Waals surface area contributed by atoms with Gasteiger partial charge in [-0.1, -0.05) is 12.1 Å². The Hall–Kier alpha value is -2.05. The van der Waals surface area contributed by atoms with Gasteiger partial charge in [0.15, 0.2) is 0 Å². The number of hydrogen-bond acceptors (Lipinski definition) is 2. The van der Waals surface area contributed by atoms with Crippen LogP contribution >= 0.6 is 0 Å². The van der Waals surface area contributed by atoms with Crippen LogP contribution in [0.5, 0.6) is 0 Å². The number of piperidine rings is 1. The molecule has 1 saturated heterocycles. The van der Waals surface area contributed by atoms with Gasteiger partial charge in [0.25, 0.3) is 0 Å². The summed E-state index contributed by atoms with van der Waals surface area (Å²) in [6.07, 6.45) is -2.10. The fraction of sp³-hybridized carbons (Fsp3) is 0.556. The number of carbonyl (C=O) groups excluding carboxylic acids is 2. The van der Waals surface area contributed by atoms with Crippen molar-refractivity contribution in [2.24, 2.45) is 11.8 Å². The quantitative estimate of drug-likeness (QED) is 0.907. The Labute approximate surface area is 144 Å². The lowest BCUT2D eigenvalue weighted by Gasteiger charge is -2.25. The largest absolute Gasteiger partial charge is 0.416 e. The van der Waals surface area contributed by atoms with E-state index in [2.05, 4.69) is 5.32 Å². The van der Waals surface area contributed by atoms with Crippen LogP contribution in [0.1, 0.15) is 30.4 Å². The molecule has 1 heterocycles. The van der Waals surface area contributed by atoms with E-state index in [1.54, 1.807) is 11.9 Å². The summed E-state index contributed by atoms with van der Waals surface area (Å²) >= 11 is 0. The molecule has 0 unspecified atom stereocenters. The van der Waals surface area contributed by atoms with Crippen molar-refractivity contribution < 1.29 is 22.8 Å². The van der Waals surface area contributed by atoms with Crippen LogP contribution in [0, 0.1) is 11.8 Å². The average Bonchev–Trinajstić information content (AvgIpc) is 2.96. The minimum Gasteiger partial charge on any atom is -0.356 e. The van der Waals surface area contributed by atoms with E-state index in [1.165, 1.54) is 12.1 Å². The highest BCUT2D eigenvalue weighted by atomic mass is 19.4. The smallest absolute Gasteiger partial charge is 0.356 e. The van der Waals surface area contributed by atoms with Crippen LogP contribution in [0.2, 0.25) is 0 Å². The molecule has 1 saturated carbocycles. The number of nitrogens with zero attached hydrogens (tertiary/aromatic N) is 1. The van der Waals surface area contributed by atoms with E-state index < -0.39 is 11.7 Å². The summed E-state index contributed by atoms with van der Waals surface area (Å²) in [7, 11) is 1.74. The van der Waals surface area contributed by atoms with Gasteiger partial charge in [-0.25, -0.2) is 0 Å². The summed E-state index contributed by atoms with van der Waals surface area (Å²) in [5.41, 5.74) is -0.147. The monoisotopic (exact) mass is 354 g/mol. The molecule has 2 fully saturated rings. The number of halogens is 3. The summed E-state index contributed by atoms with van der Waals surface area (Å²) < 4.78 is 37.8. The molecule has 0 spiro atoms. The molecule has 0 radical (unpaired) electrons. The number of hydrogen-bond donors (Lipinski definition) is 1. The molecule has 3 atom stereocenters. The van der Waals surface area contributed by atoms with Gasteiger partial charge in [0.1, 0.15) is 0 Å². The van der Waals surface area contributed by atoms with Gasteiger partial charge >= 0.3 is 6.18 Å². The van der Waals surface area contributed by atoms with Crippen molar-refractivity contribution in [3.05, 3.63) is 35.4 Å². The summed E-state index contributed by atoms with van der Waals surface area (Å²) in [5, 5.41) is 2.87. The van der Waals surface area contributed by atoms with Gasteiger partial charge in [0, 0.05) is 26.1 Å². The molecule has 1 aromatic rings. The first-order valence-corrected chi connectivity index (χ1v) is 8.42. The molecule has 2 aliphatic rings. The molecule has 0 bridgehead atoms. The second kappa shape index (κ2) is 6.69. The summed E-state index contributed by atoms with van der Waals surface area (Å²) in [5.74, 6) is 0.687. The third kappa shape index (κ3) is 3.96. The van der Waals surface area contributed by atoms with Gasteiger partial charge in [0.2, 0.25) is 11.8 Å². The normalized spacial score (nSPS) is 26.1. The third-order valence-corrected chi connectivity index (χ3v) is 5.40. The zero-order chi connectivity index (χ0) is 18.2. The van der Waals surface area contributed by atoms with E-state index in [0.29, 0.717) is 30.4 Å². The molecule has 1 N–H and O–H groups in total. The van der Waals surface area contributed by atoms with Crippen LogP contribution in [0.25, 0.3) is 0 Å². The fourth-order valence-electron chi connectivity index (χ4n) is 3.87. The number of amides is 2. The Bertz CT molecular complexity index is 657. The van der Waals surface area contributed by atoms with Crippen LogP contribution in [0.15, 0.2) is 24.3 Å². The van der Waals surface area contributed by atoms with Crippen molar-refractivity contribution in [3.63, 3.8) is 0 Å². The molecule has 1 aromatic carbocycles. The Morgan fingerprint density at radius 1 is 1.20 bits per heavy atom. The highest BCUT2D eigenvalue weighted by molar-refractivity contribution is 5.79. The lowest BCUT2D eigenvalue weighted by molar-refractivity contribution is -0.137. The molecular formula is C18H21F3N2O2. The molecular weight excluding hydrogens is 333 g/mol. The van der Waals surface area contributed by atoms with Crippen molar-refractivity contribution in [1.29, 1.82) is 0 Å². The number of rotatable bonds is 3. The minimum atomic E-state index is -4.37. The van der Waals surface area contributed by atoms with Crippen LogP contribution < -0.4 is 5.32 Å². The van der Waals surface area contributed by atoms with E-state index in [1.807, 2.05) is 0 Å². The first-order chi connectivity index (χ1) is 11.7. The number of nitrogens with one attached hydrogen (secondary N) is 1. The molecule has 1 aliphatic carbocycles. The van der Waals surface area contributed by atoms with Gasteiger partial charge in [-0.05, 0) is 42.4 Å². The van der Waals surface area contributed by atoms with Crippen LogP contribution in [-0.4, -0.2) is 36.3 Å². The topological polar surface area (TPSA) is 49.4 Å². The lowest BCUT2D eigenvalue weighted by Crippen LogP contribution is -2.38. The van der Waals surface area contributed by atoms with Crippen molar-refractivity contribution >= 4 is 11.8 Å². The zero-order valence-electron chi connectivity index (χ0n) is 14.0. The highest BCUT2D eigenvalue weighted by Gasteiger charge is 2.40. The van der Waals surface area contributed by atoms with E-state index in [9.17, 15) is 22.8 Å². The highest BCUT2D eigenvalue weighted by Crippen LogP contribution is 2.38. The standard InChI is InChI=1S/C18H21F3N2O2/c1-23(15-7-12-9-16(24)22-10-13(12)8-15)17(25)6-11-2-4-14(5-3-11)18(19,20)21/h2-5,12-13,15H,6-10H2,1H3,(H,22,24)/t12-,13+,15-/m1/s1. The molecule has 7 heteroatoms. The zero-order valence-corrected chi connectivity index (χ0v) is 14.0. The third-order valence-electron chi connectivity index (χ3n) is 5.40. The van der Waals surface area contributed by atoms with E-state index in [-0.39, 0.29) is 24.3 Å². The number of alkyl halides is 3. The predicted molar refractivity (Wildman–Crippen MR) is 85.5 cm³/mol. The van der Waals surface area contributed by atoms with E-state index in [0.717, 1.165) is 25.0 Å². The van der Waals surface area contributed by atoms with E-state index in [4.69, 9.17) is 0 Å². The van der Waals surface area contributed by atoms with Crippen LogP contribution in [0.3, 0.4) is 0 Å². The number of benzene rings is 1. The van der Waals surface area contributed by atoms with Gasteiger partial charge in [-0.15, -0.1) is 0 Å². The first kappa shape index (κ1) is 17.8. The molecule has 136 valence electrons. The number of likely N-dealkylation sites (N-methyl/N-ethyl adjacent to an activating group) is 1. The number of carbonyl (C=O) groups is 2. The van der Waals surface area contributed by atoms with Gasteiger partial charge < -0.3 is 10.2 Å². The number of fused-ring (bicyclic) bond motifs is 1. The van der Waals surface area contributed by atoms with Crippen LogP contribution in [0.4, 0.5) is 13.2 Å². The van der Waals surface area contributed by atoms with Crippen molar-refractivity contribution in [3.8, 4) is 0 Å². The summed E-state index contributed by atoms with van der Waals surface area (Å²) in [6.45, 7) is 0.668. The Balaban J connectivity index is 1.59. The average molecular weight is 354 g/mol. The van der Waals surface area contributed by atoms with Gasteiger partial charge in [-0.3, -0.25) is 9.59 Å². The molecule has 4 nitrogen and oxygen atoms in total. The summed E-state index contributed by atoms with van der Waals surface area (Å²) in [4.78, 5) is 25.7. The molecule has 25 heavy (non-hydrogen) atoms. The molecule has 0 aromatic heterocycles. The Morgan fingerprint density at radius 3 is 2.48 bits per heavy atom. The van der Waals surface area contributed by atoms with Crippen molar-refractivity contribution in [2.45, 2.75) is 37.9 Å². The SMILES string of the molecule is CN(C(=O)Cc1ccc(C(F)(F)F)cc1)[C@H]1C[C@H]2CNC(=O)C[C@H]2C1. The van der Waals surface area contributed by atoms with Crippen molar-refractivity contribution in [1.82, 2.24) is 10.2 Å².